The summed E-state index contributed by atoms with van der Waals surface area (Å²) in [4.78, 5) is 0. The molecule has 0 aliphatic heterocycles. The minimum atomic E-state index is -4.42. The number of alkyl halides is 3. The Morgan fingerprint density at radius 3 is 2.52 bits per heavy atom. The Balaban J connectivity index is 2.60. The van der Waals surface area contributed by atoms with E-state index in [0.29, 0.717) is 17.3 Å². The number of aromatic nitrogens is 2. The molecule has 0 amide bonds. The first-order valence-electron chi connectivity index (χ1n) is 6.43. The van der Waals surface area contributed by atoms with Crippen molar-refractivity contribution in [2.75, 3.05) is 6.54 Å². The second kappa shape index (κ2) is 6.07. The van der Waals surface area contributed by atoms with Gasteiger partial charge in [0.15, 0.2) is 0 Å². The molecule has 0 saturated heterocycles. The first-order valence-corrected chi connectivity index (χ1v) is 6.81. The van der Waals surface area contributed by atoms with E-state index >= 15 is 0 Å². The molecule has 1 aromatic heterocycles. The highest BCUT2D eigenvalue weighted by atomic mass is 35.5. The van der Waals surface area contributed by atoms with E-state index in [9.17, 15) is 13.2 Å². The minimum absolute atomic E-state index is 0.136. The highest BCUT2D eigenvalue weighted by Gasteiger charge is 2.36. The molecular weight excluding hydrogens is 303 g/mol. The van der Waals surface area contributed by atoms with E-state index in [1.165, 1.54) is 23.0 Å². The smallest absolute Gasteiger partial charge is 0.305 e. The maximum absolute atomic E-state index is 13.2. The van der Waals surface area contributed by atoms with E-state index < -0.39 is 17.8 Å². The lowest BCUT2D eigenvalue weighted by atomic mass is 9.97. The molecule has 0 saturated carbocycles. The summed E-state index contributed by atoms with van der Waals surface area (Å²) < 4.78 is 41.1. The van der Waals surface area contributed by atoms with Crippen molar-refractivity contribution < 1.29 is 13.2 Å². The van der Waals surface area contributed by atoms with Crippen LogP contribution < -0.4 is 5.32 Å². The third-order valence-corrected chi connectivity index (χ3v) is 3.49. The first-order chi connectivity index (χ1) is 9.86. The van der Waals surface area contributed by atoms with E-state index in [2.05, 4.69) is 10.4 Å². The normalized spacial score (nSPS) is 13.4. The first kappa shape index (κ1) is 15.9. The Hall–Kier alpha value is -1.53. The van der Waals surface area contributed by atoms with Crippen LogP contribution in [0.15, 0.2) is 30.5 Å². The van der Waals surface area contributed by atoms with Crippen LogP contribution in [0.25, 0.3) is 0 Å². The molecule has 0 fully saturated rings. The standard InChI is InChI=1S/C14H15ClF3N3/c1-3-19-12(13-11(15)8-20-21(13)2)9-6-4-5-7-10(9)14(16,17)18/h4-8,12,19H,3H2,1-2H3. The lowest BCUT2D eigenvalue weighted by molar-refractivity contribution is -0.138. The van der Waals surface area contributed by atoms with Crippen LogP contribution >= 0.6 is 11.6 Å². The fourth-order valence-corrected chi connectivity index (χ4v) is 2.58. The van der Waals surface area contributed by atoms with Gasteiger partial charge in [0.2, 0.25) is 0 Å². The third-order valence-electron chi connectivity index (χ3n) is 3.20. The molecule has 0 radical (unpaired) electrons. The second-order valence-electron chi connectivity index (χ2n) is 4.58. The summed E-state index contributed by atoms with van der Waals surface area (Å²) in [5.41, 5.74) is -0.0271. The van der Waals surface area contributed by atoms with E-state index in [1.807, 2.05) is 6.92 Å². The number of hydrogen-bond donors (Lipinski definition) is 1. The van der Waals surface area contributed by atoms with Gasteiger partial charge in [0, 0.05) is 7.05 Å². The number of rotatable bonds is 4. The molecule has 1 unspecified atom stereocenters. The second-order valence-corrected chi connectivity index (χ2v) is 4.98. The molecule has 0 spiro atoms. The predicted octanol–water partition coefficient (Wildman–Crippen LogP) is 3.79. The molecule has 114 valence electrons. The van der Waals surface area contributed by atoms with Crippen molar-refractivity contribution in [1.29, 1.82) is 0 Å². The van der Waals surface area contributed by atoms with Gasteiger partial charge in [-0.3, -0.25) is 4.68 Å². The average Bonchev–Trinajstić information content (AvgIpc) is 2.75. The molecule has 21 heavy (non-hydrogen) atoms. The van der Waals surface area contributed by atoms with E-state index in [4.69, 9.17) is 11.6 Å². The maximum atomic E-state index is 13.2. The molecule has 1 heterocycles. The van der Waals surface area contributed by atoms with Crippen LogP contribution in [0.1, 0.15) is 29.8 Å². The van der Waals surface area contributed by atoms with Crippen molar-refractivity contribution in [2.24, 2.45) is 7.05 Å². The lowest BCUT2D eigenvalue weighted by Crippen LogP contribution is -2.27. The summed E-state index contributed by atoms with van der Waals surface area (Å²) in [6, 6.07) is 4.82. The van der Waals surface area contributed by atoms with Gasteiger partial charge in [-0.1, -0.05) is 36.7 Å². The van der Waals surface area contributed by atoms with Gasteiger partial charge in [-0.05, 0) is 18.2 Å². The highest BCUT2D eigenvalue weighted by molar-refractivity contribution is 6.31. The predicted molar refractivity (Wildman–Crippen MR) is 75.2 cm³/mol. The third kappa shape index (κ3) is 3.22. The van der Waals surface area contributed by atoms with Crippen LogP contribution in [0.3, 0.4) is 0 Å². The van der Waals surface area contributed by atoms with Gasteiger partial charge in [0.1, 0.15) is 0 Å². The Morgan fingerprint density at radius 2 is 2.00 bits per heavy atom. The van der Waals surface area contributed by atoms with Crippen molar-refractivity contribution in [3.63, 3.8) is 0 Å². The zero-order chi connectivity index (χ0) is 15.6. The summed E-state index contributed by atoms with van der Waals surface area (Å²) in [5.74, 6) is 0. The largest absolute Gasteiger partial charge is 0.416 e. The molecule has 1 aromatic carbocycles. The van der Waals surface area contributed by atoms with Crippen molar-refractivity contribution in [1.82, 2.24) is 15.1 Å². The van der Waals surface area contributed by atoms with Crippen LogP contribution in [0.2, 0.25) is 5.02 Å². The fourth-order valence-electron chi connectivity index (χ4n) is 2.31. The van der Waals surface area contributed by atoms with Crippen LogP contribution in [-0.4, -0.2) is 16.3 Å². The molecule has 0 aliphatic rings. The number of aryl methyl sites for hydroxylation is 1. The Labute approximate surface area is 125 Å². The van der Waals surface area contributed by atoms with Crippen molar-refractivity contribution in [3.8, 4) is 0 Å². The van der Waals surface area contributed by atoms with E-state index in [0.717, 1.165) is 6.07 Å². The van der Waals surface area contributed by atoms with Crippen molar-refractivity contribution >= 4 is 11.6 Å². The van der Waals surface area contributed by atoms with E-state index in [-0.39, 0.29) is 5.56 Å². The van der Waals surface area contributed by atoms with Gasteiger partial charge in [-0.2, -0.15) is 18.3 Å². The highest BCUT2D eigenvalue weighted by Crippen LogP contribution is 2.37. The topological polar surface area (TPSA) is 29.9 Å². The molecular formula is C14H15ClF3N3. The molecule has 0 bridgehead atoms. The molecule has 0 aliphatic carbocycles. The van der Waals surface area contributed by atoms with E-state index in [1.54, 1.807) is 13.1 Å². The zero-order valence-electron chi connectivity index (χ0n) is 11.6. The number of nitrogens with zero attached hydrogens (tertiary/aromatic N) is 2. The summed E-state index contributed by atoms with van der Waals surface area (Å²) in [6.45, 7) is 2.33. The SMILES string of the molecule is CCNC(c1ccccc1C(F)(F)F)c1c(Cl)cnn1C. The van der Waals surface area contributed by atoms with Crippen LogP contribution in [0.4, 0.5) is 13.2 Å². The molecule has 3 nitrogen and oxygen atoms in total. The number of nitrogens with one attached hydrogen (secondary N) is 1. The van der Waals surface area contributed by atoms with Gasteiger partial charge in [0.25, 0.3) is 0 Å². The summed E-state index contributed by atoms with van der Waals surface area (Å²) in [6.07, 6.45) is -2.99. The molecule has 2 rings (SSSR count). The summed E-state index contributed by atoms with van der Waals surface area (Å²) in [7, 11) is 1.65. The van der Waals surface area contributed by atoms with Crippen LogP contribution in [0.5, 0.6) is 0 Å². The van der Waals surface area contributed by atoms with Crippen molar-refractivity contribution in [2.45, 2.75) is 19.1 Å². The number of benzene rings is 1. The van der Waals surface area contributed by atoms with Gasteiger partial charge >= 0.3 is 6.18 Å². The quantitative estimate of drug-likeness (QED) is 0.929. The van der Waals surface area contributed by atoms with Crippen LogP contribution in [0, 0.1) is 0 Å². The zero-order valence-corrected chi connectivity index (χ0v) is 12.3. The molecule has 1 N–H and O–H groups in total. The Kier molecular flexibility index (Phi) is 4.58. The monoisotopic (exact) mass is 317 g/mol. The number of hydrogen-bond acceptors (Lipinski definition) is 2. The van der Waals surface area contributed by atoms with Gasteiger partial charge in [0.05, 0.1) is 28.5 Å². The molecule has 1 atom stereocenters. The average molecular weight is 318 g/mol. The minimum Gasteiger partial charge on any atom is -0.305 e. The van der Waals surface area contributed by atoms with Crippen LogP contribution in [-0.2, 0) is 13.2 Å². The van der Waals surface area contributed by atoms with Gasteiger partial charge in [-0.25, -0.2) is 0 Å². The Morgan fingerprint density at radius 1 is 1.33 bits per heavy atom. The summed E-state index contributed by atoms with van der Waals surface area (Å²) >= 11 is 6.09. The summed E-state index contributed by atoms with van der Waals surface area (Å²) in [5, 5.41) is 7.38. The van der Waals surface area contributed by atoms with Gasteiger partial charge < -0.3 is 5.32 Å². The fraction of sp³-hybridized carbons (Fsp3) is 0.357. The lowest BCUT2D eigenvalue weighted by Gasteiger charge is -2.23. The molecule has 2 aromatic rings. The van der Waals surface area contributed by atoms with Gasteiger partial charge in [-0.15, -0.1) is 0 Å². The Bertz CT molecular complexity index is 603. The maximum Gasteiger partial charge on any atom is 0.416 e. The van der Waals surface area contributed by atoms with Crippen molar-refractivity contribution in [3.05, 3.63) is 52.3 Å². The molecule has 7 heteroatoms. The number of halogens is 4.